The average molecular weight is 297 g/mol. The molecule has 0 heterocycles. The molecule has 0 saturated carbocycles. The highest BCUT2D eigenvalue weighted by atomic mass is 32.2. The topological polar surface area (TPSA) is 80.4 Å². The lowest BCUT2D eigenvalue weighted by Crippen LogP contribution is -3.10. The quantitative estimate of drug-likeness (QED) is 0.139. The number of hydrogen-bond donors (Lipinski definition) is 2. The fourth-order valence-electron chi connectivity index (χ4n) is 0.856. The van der Waals surface area contributed by atoms with E-state index in [1.807, 2.05) is 0 Å². The van der Waals surface area contributed by atoms with Crippen LogP contribution in [0.2, 0.25) is 0 Å². The molecule has 102 valence electrons. The molecule has 1 unspecified atom stereocenters. The third kappa shape index (κ3) is 4.24. The molecule has 11 heteroatoms. The Balaban J connectivity index is 5.11. The van der Waals surface area contributed by atoms with Gasteiger partial charge in [0.1, 0.15) is 0 Å². The van der Waals surface area contributed by atoms with Crippen molar-refractivity contribution in [2.75, 3.05) is 20.4 Å². The van der Waals surface area contributed by atoms with Gasteiger partial charge in [-0.1, -0.05) is 11.8 Å². The number of thioether (sulfide) groups is 1. The molecular weight excluding hydrogens is 285 g/mol. The van der Waals surface area contributed by atoms with Gasteiger partial charge in [-0.2, -0.15) is 21.6 Å². The van der Waals surface area contributed by atoms with Gasteiger partial charge in [0, 0.05) is 0 Å². The summed E-state index contributed by atoms with van der Waals surface area (Å²) in [6.07, 6.45) is 1.51. The average Bonchev–Trinajstić information content (AvgIpc) is 2.14. The molecule has 6 nitrogen and oxygen atoms in total. The van der Waals surface area contributed by atoms with Crippen molar-refractivity contribution in [1.82, 2.24) is 0 Å². The lowest BCUT2D eigenvalue weighted by Gasteiger charge is -2.19. The highest BCUT2D eigenvalue weighted by Crippen LogP contribution is 2.25. The standard InChI is InChI=1S/C6H11F3N2O4S2/c1-11(2)5(16-3)4(10-12)15-17(13,14)6(7,8)9/h5,12H,1-3H3/p+1/b10-4-. The van der Waals surface area contributed by atoms with Gasteiger partial charge in [0.05, 0.1) is 14.1 Å². The zero-order valence-electron chi connectivity index (χ0n) is 9.15. The van der Waals surface area contributed by atoms with E-state index in [0.717, 1.165) is 11.8 Å². The number of quaternary nitrogens is 1. The number of nitrogens with one attached hydrogen (secondary N) is 1. The Morgan fingerprint density at radius 3 is 2.18 bits per heavy atom. The maximum atomic E-state index is 12.0. The van der Waals surface area contributed by atoms with Crippen LogP contribution in [-0.2, 0) is 14.3 Å². The van der Waals surface area contributed by atoms with Gasteiger partial charge in [0.2, 0.25) is 5.37 Å². The zero-order valence-corrected chi connectivity index (χ0v) is 10.8. The number of alkyl halides is 3. The maximum Gasteiger partial charge on any atom is 0.534 e. The van der Waals surface area contributed by atoms with E-state index in [2.05, 4.69) is 9.34 Å². The van der Waals surface area contributed by atoms with Gasteiger partial charge in [0.15, 0.2) is 0 Å². The van der Waals surface area contributed by atoms with Crippen molar-refractivity contribution in [3.05, 3.63) is 0 Å². The maximum absolute atomic E-state index is 12.0. The van der Waals surface area contributed by atoms with Crippen LogP contribution in [0.3, 0.4) is 0 Å². The summed E-state index contributed by atoms with van der Waals surface area (Å²) in [7, 11) is -2.74. The number of oxime groups is 1. The van der Waals surface area contributed by atoms with E-state index in [-0.39, 0.29) is 0 Å². The van der Waals surface area contributed by atoms with Crippen molar-refractivity contribution >= 4 is 27.8 Å². The van der Waals surface area contributed by atoms with Crippen molar-refractivity contribution in [3.63, 3.8) is 0 Å². The first kappa shape index (κ1) is 16.3. The van der Waals surface area contributed by atoms with Crippen molar-refractivity contribution in [1.29, 1.82) is 0 Å². The van der Waals surface area contributed by atoms with E-state index in [4.69, 9.17) is 5.21 Å². The molecule has 2 N–H and O–H groups in total. The molecule has 0 saturated heterocycles. The molecule has 17 heavy (non-hydrogen) atoms. The van der Waals surface area contributed by atoms with Crippen LogP contribution in [0, 0.1) is 0 Å². The fraction of sp³-hybridized carbons (Fsp3) is 0.833. The molecule has 0 amide bonds. The van der Waals surface area contributed by atoms with Crippen molar-refractivity contribution < 1.29 is 35.9 Å². The summed E-state index contributed by atoms with van der Waals surface area (Å²) in [5.74, 6) is -0.921. The molecule has 0 aromatic heterocycles. The summed E-state index contributed by atoms with van der Waals surface area (Å²) in [6.45, 7) is 0. The van der Waals surface area contributed by atoms with Gasteiger partial charge in [-0.25, -0.2) is 0 Å². The summed E-state index contributed by atoms with van der Waals surface area (Å²) in [5, 5.41) is 10.1. The molecule has 0 bridgehead atoms. The minimum absolute atomic E-state index is 0.530. The molecule has 1 atom stereocenters. The molecule has 0 rings (SSSR count). The van der Waals surface area contributed by atoms with Crippen molar-refractivity contribution in [2.24, 2.45) is 5.16 Å². The second-order valence-corrected chi connectivity index (χ2v) is 5.60. The molecule has 0 spiro atoms. The Morgan fingerprint density at radius 1 is 1.47 bits per heavy atom. The lowest BCUT2D eigenvalue weighted by molar-refractivity contribution is -0.859. The lowest BCUT2D eigenvalue weighted by atomic mass is 10.6. The van der Waals surface area contributed by atoms with Crippen LogP contribution in [0.4, 0.5) is 13.2 Å². The van der Waals surface area contributed by atoms with Gasteiger partial charge in [-0.05, 0) is 11.4 Å². The van der Waals surface area contributed by atoms with E-state index >= 15 is 0 Å². The van der Waals surface area contributed by atoms with E-state index in [9.17, 15) is 21.6 Å². The van der Waals surface area contributed by atoms with Crippen LogP contribution < -0.4 is 4.90 Å². The number of halogens is 3. The van der Waals surface area contributed by atoms with Crippen molar-refractivity contribution in [3.8, 4) is 0 Å². The first-order valence-corrected chi connectivity index (χ1v) is 6.82. The summed E-state index contributed by atoms with van der Waals surface area (Å²) >= 11 is 0.977. The normalized spacial score (nSPS) is 16.1. The predicted molar refractivity (Wildman–Crippen MR) is 55.4 cm³/mol. The third-order valence-corrected chi connectivity index (χ3v) is 3.66. The van der Waals surface area contributed by atoms with Crippen LogP contribution in [-0.4, -0.2) is 50.8 Å². The molecule has 0 radical (unpaired) electrons. The molecule has 0 aromatic carbocycles. The second-order valence-electron chi connectivity index (χ2n) is 3.11. The van der Waals surface area contributed by atoms with E-state index in [1.54, 1.807) is 0 Å². The zero-order chi connectivity index (χ0) is 13.9. The number of rotatable bonds is 4. The monoisotopic (exact) mass is 297 g/mol. The predicted octanol–water partition coefficient (Wildman–Crippen LogP) is -0.526. The molecule has 0 aliphatic rings. The van der Waals surface area contributed by atoms with E-state index in [0.29, 0.717) is 4.90 Å². The van der Waals surface area contributed by atoms with Gasteiger partial charge >= 0.3 is 21.5 Å². The van der Waals surface area contributed by atoms with Gasteiger partial charge in [-0.15, -0.1) is 0 Å². The smallest absolute Gasteiger partial charge is 0.408 e. The van der Waals surface area contributed by atoms with Crippen LogP contribution in [0.5, 0.6) is 0 Å². The minimum Gasteiger partial charge on any atom is -0.408 e. The Labute approximate surface area is 101 Å². The third-order valence-electron chi connectivity index (χ3n) is 1.56. The highest BCUT2D eigenvalue weighted by Gasteiger charge is 2.50. The van der Waals surface area contributed by atoms with Crippen LogP contribution in [0.1, 0.15) is 0 Å². The van der Waals surface area contributed by atoms with E-state index < -0.39 is 26.9 Å². The van der Waals surface area contributed by atoms with Gasteiger partial charge < -0.3 is 14.3 Å². The largest absolute Gasteiger partial charge is 0.534 e. The number of nitrogens with zero attached hydrogens (tertiary/aromatic N) is 1. The van der Waals surface area contributed by atoms with Crippen molar-refractivity contribution in [2.45, 2.75) is 10.9 Å². The minimum atomic E-state index is -5.82. The van der Waals surface area contributed by atoms with E-state index in [1.165, 1.54) is 20.4 Å². The summed E-state index contributed by atoms with van der Waals surface area (Å²) in [5.41, 5.74) is -5.56. The summed E-state index contributed by atoms with van der Waals surface area (Å²) in [6, 6.07) is 0. The Kier molecular flexibility index (Phi) is 5.55. The highest BCUT2D eigenvalue weighted by molar-refractivity contribution is 7.99. The SMILES string of the molecule is CSC(/C(=N/O)OS(=O)(=O)C(F)(F)F)[NH+](C)C. The first-order chi connectivity index (χ1) is 7.56. The molecule has 0 aromatic rings. The van der Waals surface area contributed by atoms with Gasteiger partial charge in [0.25, 0.3) is 0 Å². The molecule has 0 fully saturated rings. The molecule has 0 aliphatic heterocycles. The Bertz CT molecular complexity index is 379. The summed E-state index contributed by atoms with van der Waals surface area (Å²) in [4.78, 5) is 0.530. The number of hydrogen-bond acceptors (Lipinski definition) is 6. The molecule has 0 aliphatic carbocycles. The van der Waals surface area contributed by atoms with Crippen LogP contribution >= 0.6 is 11.8 Å². The Morgan fingerprint density at radius 2 is 1.94 bits per heavy atom. The number of likely N-dealkylation sites (N-methyl/N-ethyl adjacent to an activating group) is 1. The van der Waals surface area contributed by atoms with Gasteiger partial charge in [-0.3, -0.25) is 0 Å². The Hall–Kier alpha value is -0.680. The first-order valence-electron chi connectivity index (χ1n) is 4.12. The fourth-order valence-corrected chi connectivity index (χ4v) is 2.13. The van der Waals surface area contributed by atoms with Crippen LogP contribution in [0.25, 0.3) is 0 Å². The summed E-state index contributed by atoms with van der Waals surface area (Å²) < 4.78 is 61.3. The second kappa shape index (κ2) is 5.78. The molecular formula is C6H12F3N2O4S2+. The van der Waals surface area contributed by atoms with Crippen LogP contribution in [0.15, 0.2) is 5.16 Å².